The first-order valence-electron chi connectivity index (χ1n) is 7.25. The second-order valence-electron chi connectivity index (χ2n) is 6.02. The summed E-state index contributed by atoms with van der Waals surface area (Å²) in [4.78, 5) is 16.5. The number of H-pyrrole nitrogens is 1. The highest BCUT2D eigenvalue weighted by atomic mass is 16.2. The topological polar surface area (TPSA) is 70.7 Å². The van der Waals surface area contributed by atoms with E-state index in [1.54, 1.807) is 0 Å². The number of nitrogens with zero attached hydrogens (tertiary/aromatic N) is 2. The van der Waals surface area contributed by atoms with Gasteiger partial charge in [-0.2, -0.15) is 5.10 Å². The average Bonchev–Trinajstić information content (AvgIpc) is 3.00. The van der Waals surface area contributed by atoms with Crippen LogP contribution >= 0.6 is 0 Å². The summed E-state index contributed by atoms with van der Waals surface area (Å²) in [6.07, 6.45) is 7.65. The number of amides is 1. The molecule has 19 heavy (non-hydrogen) atoms. The molecule has 1 heterocycles. The van der Waals surface area contributed by atoms with Gasteiger partial charge in [-0.05, 0) is 25.2 Å². The van der Waals surface area contributed by atoms with E-state index in [1.807, 2.05) is 0 Å². The van der Waals surface area contributed by atoms with Gasteiger partial charge in [0.05, 0.1) is 0 Å². The minimum atomic E-state index is -0.115. The first-order valence-corrected chi connectivity index (χ1v) is 7.25. The predicted molar refractivity (Wildman–Crippen MR) is 73.5 cm³/mol. The third kappa shape index (κ3) is 3.55. The molecular formula is C14H24N4O. The second kappa shape index (κ2) is 6.17. The quantitative estimate of drug-likeness (QED) is 0.826. The second-order valence-corrected chi connectivity index (χ2v) is 6.02. The van der Waals surface area contributed by atoms with Crippen molar-refractivity contribution in [1.29, 1.82) is 0 Å². The zero-order valence-electron chi connectivity index (χ0n) is 11.9. The van der Waals surface area contributed by atoms with Gasteiger partial charge < -0.3 is 5.32 Å². The molecule has 1 saturated carbocycles. The summed E-state index contributed by atoms with van der Waals surface area (Å²) in [7, 11) is 0. The molecule has 1 aromatic rings. The molecule has 0 unspecified atom stereocenters. The summed E-state index contributed by atoms with van der Waals surface area (Å²) in [6.45, 7) is 5.03. The molecule has 0 atom stereocenters. The molecule has 1 fully saturated rings. The molecule has 2 rings (SSSR count). The molecule has 106 valence electrons. The van der Waals surface area contributed by atoms with Gasteiger partial charge in [0, 0.05) is 18.4 Å². The molecule has 1 aromatic heterocycles. The van der Waals surface area contributed by atoms with Gasteiger partial charge in [0.2, 0.25) is 5.91 Å². The normalized spacial score (nSPS) is 17.8. The number of carbonyl (C=O) groups excluding carboxylic acids is 1. The standard InChI is InChI=1S/C14H24N4O/c1-11(2)9-14(6-3-4-7-14)13(19)15-8-5-12-16-10-17-18-12/h10-11H,3-9H2,1-2H3,(H,15,19)(H,16,17,18). The van der Waals surface area contributed by atoms with E-state index in [0.717, 1.165) is 25.1 Å². The summed E-state index contributed by atoms with van der Waals surface area (Å²) in [6, 6.07) is 0. The van der Waals surface area contributed by atoms with Crippen molar-refractivity contribution in [1.82, 2.24) is 20.5 Å². The number of aromatic nitrogens is 3. The van der Waals surface area contributed by atoms with Gasteiger partial charge in [0.25, 0.3) is 0 Å². The van der Waals surface area contributed by atoms with E-state index in [9.17, 15) is 4.79 Å². The van der Waals surface area contributed by atoms with E-state index in [-0.39, 0.29) is 11.3 Å². The fraction of sp³-hybridized carbons (Fsp3) is 0.786. The van der Waals surface area contributed by atoms with Crippen LogP contribution in [-0.2, 0) is 11.2 Å². The van der Waals surface area contributed by atoms with Crippen LogP contribution < -0.4 is 5.32 Å². The van der Waals surface area contributed by atoms with Crippen molar-refractivity contribution in [2.75, 3.05) is 6.54 Å². The largest absolute Gasteiger partial charge is 0.355 e. The highest BCUT2D eigenvalue weighted by Crippen LogP contribution is 2.43. The molecule has 0 radical (unpaired) electrons. The van der Waals surface area contributed by atoms with Gasteiger partial charge in [-0.25, -0.2) is 4.98 Å². The van der Waals surface area contributed by atoms with Crippen LogP contribution in [0.15, 0.2) is 6.33 Å². The molecule has 0 saturated heterocycles. The molecule has 1 amide bonds. The Balaban J connectivity index is 1.85. The Bertz CT molecular complexity index is 394. The lowest BCUT2D eigenvalue weighted by Gasteiger charge is -2.29. The maximum absolute atomic E-state index is 12.5. The molecule has 5 heteroatoms. The van der Waals surface area contributed by atoms with Crippen LogP contribution in [0.4, 0.5) is 0 Å². The van der Waals surface area contributed by atoms with Crippen LogP contribution in [0.1, 0.15) is 51.8 Å². The van der Waals surface area contributed by atoms with Crippen LogP contribution in [0.5, 0.6) is 0 Å². The number of hydrogen-bond acceptors (Lipinski definition) is 3. The Hall–Kier alpha value is -1.39. The summed E-state index contributed by atoms with van der Waals surface area (Å²) in [5.74, 6) is 1.63. The van der Waals surface area contributed by atoms with E-state index in [0.29, 0.717) is 18.9 Å². The fourth-order valence-electron chi connectivity index (χ4n) is 3.19. The first kappa shape index (κ1) is 14.0. The molecular weight excluding hydrogens is 240 g/mol. The Morgan fingerprint density at radius 3 is 2.79 bits per heavy atom. The molecule has 1 aliphatic carbocycles. The molecule has 5 nitrogen and oxygen atoms in total. The zero-order chi connectivity index (χ0) is 13.7. The predicted octanol–water partition coefficient (Wildman–Crippen LogP) is 2.07. The van der Waals surface area contributed by atoms with Gasteiger partial charge in [-0.3, -0.25) is 9.89 Å². The maximum atomic E-state index is 12.5. The number of rotatable bonds is 6. The van der Waals surface area contributed by atoms with Crippen molar-refractivity contribution in [3.63, 3.8) is 0 Å². The Morgan fingerprint density at radius 1 is 1.47 bits per heavy atom. The lowest BCUT2D eigenvalue weighted by molar-refractivity contribution is -0.131. The van der Waals surface area contributed by atoms with Crippen molar-refractivity contribution in [2.24, 2.45) is 11.3 Å². The molecule has 0 bridgehead atoms. The van der Waals surface area contributed by atoms with Crippen LogP contribution in [-0.4, -0.2) is 27.6 Å². The Labute approximate surface area is 114 Å². The minimum absolute atomic E-state index is 0.115. The summed E-state index contributed by atoms with van der Waals surface area (Å²) in [5, 5.41) is 9.69. The van der Waals surface area contributed by atoms with E-state index in [4.69, 9.17) is 0 Å². The van der Waals surface area contributed by atoms with Crippen molar-refractivity contribution >= 4 is 5.91 Å². The van der Waals surface area contributed by atoms with Crippen LogP contribution in [0.25, 0.3) is 0 Å². The van der Waals surface area contributed by atoms with Crippen LogP contribution in [0, 0.1) is 11.3 Å². The summed E-state index contributed by atoms with van der Waals surface area (Å²) < 4.78 is 0. The van der Waals surface area contributed by atoms with Crippen molar-refractivity contribution in [3.8, 4) is 0 Å². The third-order valence-electron chi connectivity index (χ3n) is 3.95. The highest BCUT2D eigenvalue weighted by molar-refractivity contribution is 5.82. The minimum Gasteiger partial charge on any atom is -0.355 e. The highest BCUT2D eigenvalue weighted by Gasteiger charge is 2.40. The first-order chi connectivity index (χ1) is 9.12. The molecule has 1 aliphatic rings. The zero-order valence-corrected chi connectivity index (χ0v) is 11.9. The van der Waals surface area contributed by atoms with E-state index in [2.05, 4.69) is 34.3 Å². The number of carbonyl (C=O) groups is 1. The SMILES string of the molecule is CC(C)CC1(C(=O)NCCc2ncn[nH]2)CCCC1. The fourth-order valence-corrected chi connectivity index (χ4v) is 3.19. The van der Waals surface area contributed by atoms with E-state index < -0.39 is 0 Å². The average molecular weight is 264 g/mol. The molecule has 2 N–H and O–H groups in total. The van der Waals surface area contributed by atoms with Gasteiger partial charge in [0.1, 0.15) is 12.2 Å². The van der Waals surface area contributed by atoms with Crippen LogP contribution in [0.3, 0.4) is 0 Å². The van der Waals surface area contributed by atoms with Crippen molar-refractivity contribution < 1.29 is 4.79 Å². The van der Waals surface area contributed by atoms with Crippen molar-refractivity contribution in [2.45, 2.75) is 52.4 Å². The van der Waals surface area contributed by atoms with Gasteiger partial charge in [0.15, 0.2) is 0 Å². The van der Waals surface area contributed by atoms with Gasteiger partial charge in [-0.1, -0.05) is 26.7 Å². The van der Waals surface area contributed by atoms with Crippen LogP contribution in [0.2, 0.25) is 0 Å². The summed E-state index contributed by atoms with van der Waals surface area (Å²) in [5.41, 5.74) is -0.115. The maximum Gasteiger partial charge on any atom is 0.226 e. The van der Waals surface area contributed by atoms with Gasteiger partial charge in [-0.15, -0.1) is 0 Å². The lowest BCUT2D eigenvalue weighted by atomic mass is 9.77. The summed E-state index contributed by atoms with van der Waals surface area (Å²) >= 11 is 0. The van der Waals surface area contributed by atoms with E-state index in [1.165, 1.54) is 19.2 Å². The number of nitrogens with one attached hydrogen (secondary N) is 2. The van der Waals surface area contributed by atoms with Crippen molar-refractivity contribution in [3.05, 3.63) is 12.2 Å². The lowest BCUT2D eigenvalue weighted by Crippen LogP contribution is -2.41. The molecule has 0 aliphatic heterocycles. The molecule has 0 aromatic carbocycles. The smallest absolute Gasteiger partial charge is 0.226 e. The number of aromatic amines is 1. The monoisotopic (exact) mass is 264 g/mol. The third-order valence-corrected chi connectivity index (χ3v) is 3.95. The Morgan fingerprint density at radius 2 is 2.21 bits per heavy atom. The molecule has 0 spiro atoms. The van der Waals surface area contributed by atoms with E-state index >= 15 is 0 Å². The number of hydrogen-bond donors (Lipinski definition) is 2. The Kier molecular flexibility index (Phi) is 4.56. The van der Waals surface area contributed by atoms with Gasteiger partial charge >= 0.3 is 0 Å².